The minimum absolute atomic E-state index is 0.434. The minimum Gasteiger partial charge on any atom is -0.304 e. The van der Waals surface area contributed by atoms with Crippen molar-refractivity contribution in [3.8, 4) is 6.07 Å². The van der Waals surface area contributed by atoms with Crippen LogP contribution < -0.4 is 0 Å². The summed E-state index contributed by atoms with van der Waals surface area (Å²) in [5.74, 6) is 0. The first-order valence-corrected chi connectivity index (χ1v) is 4.53. The van der Waals surface area contributed by atoms with E-state index in [4.69, 9.17) is 5.26 Å². The molecule has 3 nitrogen and oxygen atoms in total. The van der Waals surface area contributed by atoms with Gasteiger partial charge in [0.05, 0.1) is 12.5 Å². The van der Waals surface area contributed by atoms with Crippen LogP contribution in [0.4, 0.5) is 0 Å². The molecule has 0 bridgehead atoms. The Hall–Kier alpha value is -0.590. The van der Waals surface area contributed by atoms with Crippen LogP contribution in [0.5, 0.6) is 0 Å². The second kappa shape index (κ2) is 4.44. The van der Waals surface area contributed by atoms with Crippen LogP contribution in [0.25, 0.3) is 0 Å². The predicted molar refractivity (Wildman–Crippen MR) is 48.8 cm³/mol. The number of piperazine rings is 1. The third-order valence-corrected chi connectivity index (χ3v) is 2.55. The fourth-order valence-electron chi connectivity index (χ4n) is 1.52. The van der Waals surface area contributed by atoms with Crippen molar-refractivity contribution < 1.29 is 0 Å². The fraction of sp³-hybridized carbons (Fsp3) is 0.889. The second-order valence-electron chi connectivity index (χ2n) is 3.55. The van der Waals surface area contributed by atoms with E-state index in [1.54, 1.807) is 0 Å². The third-order valence-electron chi connectivity index (χ3n) is 2.55. The smallest absolute Gasteiger partial charge is 0.0638 e. The Morgan fingerprint density at radius 3 is 2.42 bits per heavy atom. The molecule has 12 heavy (non-hydrogen) atoms. The molecule has 1 rings (SSSR count). The first-order valence-electron chi connectivity index (χ1n) is 4.53. The average molecular weight is 167 g/mol. The Morgan fingerprint density at radius 1 is 1.33 bits per heavy atom. The Kier molecular flexibility index (Phi) is 3.51. The zero-order chi connectivity index (χ0) is 8.97. The quantitative estimate of drug-likeness (QED) is 0.601. The first kappa shape index (κ1) is 9.50. The first-order chi connectivity index (χ1) is 5.74. The number of rotatable bonds is 2. The van der Waals surface area contributed by atoms with E-state index in [-0.39, 0.29) is 0 Å². The van der Waals surface area contributed by atoms with E-state index in [1.807, 2.05) is 0 Å². The van der Waals surface area contributed by atoms with Crippen LogP contribution in [0.2, 0.25) is 0 Å². The highest BCUT2D eigenvalue weighted by Crippen LogP contribution is 2.06. The summed E-state index contributed by atoms with van der Waals surface area (Å²) < 4.78 is 0. The molecule has 0 aromatic rings. The molecule has 68 valence electrons. The highest BCUT2D eigenvalue weighted by Gasteiger charge is 2.18. The molecule has 0 aromatic carbocycles. The maximum Gasteiger partial charge on any atom is 0.0638 e. The average Bonchev–Trinajstić information content (AvgIpc) is 2.06. The van der Waals surface area contributed by atoms with Crippen molar-refractivity contribution in [1.82, 2.24) is 9.80 Å². The number of likely N-dealkylation sites (N-methyl/N-ethyl adjacent to an activating group) is 1. The lowest BCUT2D eigenvalue weighted by Crippen LogP contribution is -2.47. The standard InChI is InChI=1S/C9H17N3/c1-9(3-4-10)12-7-5-11(2)6-8-12/h9H,3,5-8H2,1-2H3. The molecule has 0 N–H and O–H groups in total. The van der Waals surface area contributed by atoms with Gasteiger partial charge in [0.2, 0.25) is 0 Å². The van der Waals surface area contributed by atoms with E-state index >= 15 is 0 Å². The summed E-state index contributed by atoms with van der Waals surface area (Å²) >= 11 is 0. The van der Waals surface area contributed by atoms with Crippen molar-refractivity contribution in [2.24, 2.45) is 0 Å². The molecular weight excluding hydrogens is 150 g/mol. The van der Waals surface area contributed by atoms with Gasteiger partial charge < -0.3 is 4.90 Å². The Bertz CT molecular complexity index is 165. The van der Waals surface area contributed by atoms with E-state index in [0.29, 0.717) is 12.5 Å². The summed E-state index contributed by atoms with van der Waals surface area (Å²) in [4.78, 5) is 4.72. The summed E-state index contributed by atoms with van der Waals surface area (Å²) in [6.45, 7) is 6.62. The van der Waals surface area contributed by atoms with Crippen LogP contribution in [-0.4, -0.2) is 49.1 Å². The highest BCUT2D eigenvalue weighted by molar-refractivity contribution is 4.82. The van der Waals surface area contributed by atoms with Gasteiger partial charge in [-0.25, -0.2) is 0 Å². The van der Waals surface area contributed by atoms with Crippen molar-refractivity contribution in [3.05, 3.63) is 0 Å². The van der Waals surface area contributed by atoms with E-state index in [1.165, 1.54) is 0 Å². The minimum atomic E-state index is 0.434. The molecule has 1 aliphatic heterocycles. The summed E-state index contributed by atoms with van der Waals surface area (Å²) in [7, 11) is 2.15. The van der Waals surface area contributed by atoms with Gasteiger partial charge in [-0.3, -0.25) is 4.90 Å². The number of hydrogen-bond donors (Lipinski definition) is 0. The Morgan fingerprint density at radius 2 is 1.92 bits per heavy atom. The van der Waals surface area contributed by atoms with Crippen molar-refractivity contribution in [2.75, 3.05) is 33.2 Å². The maximum absolute atomic E-state index is 8.53. The van der Waals surface area contributed by atoms with Gasteiger partial charge in [0, 0.05) is 32.2 Å². The van der Waals surface area contributed by atoms with Gasteiger partial charge in [-0.2, -0.15) is 5.26 Å². The molecule has 0 amide bonds. The molecule has 0 aliphatic carbocycles. The van der Waals surface area contributed by atoms with Gasteiger partial charge in [-0.15, -0.1) is 0 Å². The lowest BCUT2D eigenvalue weighted by molar-refractivity contribution is 0.120. The van der Waals surface area contributed by atoms with Crippen LogP contribution in [0, 0.1) is 11.3 Å². The second-order valence-corrected chi connectivity index (χ2v) is 3.55. The van der Waals surface area contributed by atoms with Gasteiger partial charge in [0.1, 0.15) is 0 Å². The number of hydrogen-bond acceptors (Lipinski definition) is 3. The molecule has 0 spiro atoms. The SMILES string of the molecule is CC(CC#N)N1CCN(C)CC1. The molecule has 0 saturated carbocycles. The van der Waals surface area contributed by atoms with Gasteiger partial charge in [0.25, 0.3) is 0 Å². The monoisotopic (exact) mass is 167 g/mol. The largest absolute Gasteiger partial charge is 0.304 e. The molecule has 1 unspecified atom stereocenters. The fourth-order valence-corrected chi connectivity index (χ4v) is 1.52. The van der Waals surface area contributed by atoms with E-state index in [2.05, 4.69) is 29.8 Å². The molecular formula is C9H17N3. The van der Waals surface area contributed by atoms with Crippen molar-refractivity contribution in [3.63, 3.8) is 0 Å². The predicted octanol–water partition coefficient (Wildman–Crippen LogP) is 0.536. The zero-order valence-corrected chi connectivity index (χ0v) is 7.95. The lowest BCUT2D eigenvalue weighted by atomic mass is 10.2. The molecule has 1 aliphatic rings. The molecule has 0 aromatic heterocycles. The van der Waals surface area contributed by atoms with Crippen LogP contribution >= 0.6 is 0 Å². The normalized spacial score (nSPS) is 23.4. The van der Waals surface area contributed by atoms with Crippen LogP contribution in [0.15, 0.2) is 0 Å². The van der Waals surface area contributed by atoms with E-state index in [0.717, 1.165) is 26.2 Å². The summed E-state index contributed by atoms with van der Waals surface area (Å²) in [5.41, 5.74) is 0. The van der Waals surface area contributed by atoms with Crippen LogP contribution in [0.3, 0.4) is 0 Å². The van der Waals surface area contributed by atoms with Crippen molar-refractivity contribution in [1.29, 1.82) is 5.26 Å². The Balaban J connectivity index is 2.30. The van der Waals surface area contributed by atoms with Crippen molar-refractivity contribution in [2.45, 2.75) is 19.4 Å². The van der Waals surface area contributed by atoms with Crippen molar-refractivity contribution >= 4 is 0 Å². The summed E-state index contributed by atoms with van der Waals surface area (Å²) in [6, 6.07) is 2.65. The summed E-state index contributed by atoms with van der Waals surface area (Å²) in [6.07, 6.45) is 0.656. The van der Waals surface area contributed by atoms with Crippen LogP contribution in [-0.2, 0) is 0 Å². The van der Waals surface area contributed by atoms with Gasteiger partial charge >= 0.3 is 0 Å². The summed E-state index contributed by atoms with van der Waals surface area (Å²) in [5, 5.41) is 8.53. The zero-order valence-electron chi connectivity index (χ0n) is 7.95. The molecule has 1 atom stereocenters. The molecule has 1 fully saturated rings. The maximum atomic E-state index is 8.53. The molecule has 1 heterocycles. The van der Waals surface area contributed by atoms with Gasteiger partial charge in [0.15, 0.2) is 0 Å². The number of nitrogens with zero attached hydrogens (tertiary/aromatic N) is 3. The highest BCUT2D eigenvalue weighted by atomic mass is 15.3. The lowest BCUT2D eigenvalue weighted by Gasteiger charge is -2.35. The van der Waals surface area contributed by atoms with E-state index < -0.39 is 0 Å². The molecule has 0 radical (unpaired) electrons. The molecule has 3 heteroatoms. The van der Waals surface area contributed by atoms with Gasteiger partial charge in [-0.1, -0.05) is 0 Å². The van der Waals surface area contributed by atoms with E-state index in [9.17, 15) is 0 Å². The third kappa shape index (κ3) is 2.47. The Labute approximate surface area is 74.6 Å². The van der Waals surface area contributed by atoms with Crippen LogP contribution in [0.1, 0.15) is 13.3 Å². The number of nitriles is 1. The molecule has 1 saturated heterocycles. The topological polar surface area (TPSA) is 30.3 Å². The van der Waals surface area contributed by atoms with Gasteiger partial charge in [-0.05, 0) is 14.0 Å².